The fraction of sp³-hybridized carbons (Fsp3) is 0.632. The van der Waals surface area contributed by atoms with Gasteiger partial charge in [-0.15, -0.1) is 0 Å². The van der Waals surface area contributed by atoms with Crippen LogP contribution in [0, 0.1) is 0 Å². The van der Waals surface area contributed by atoms with Gasteiger partial charge < -0.3 is 19.6 Å². The van der Waals surface area contributed by atoms with Crippen molar-refractivity contribution in [3.05, 3.63) is 35.9 Å². The van der Waals surface area contributed by atoms with Gasteiger partial charge in [0.1, 0.15) is 6.61 Å². The maximum Gasteiger partial charge on any atom is 0.407 e. The van der Waals surface area contributed by atoms with Gasteiger partial charge >= 0.3 is 6.09 Å². The second-order valence-corrected chi connectivity index (χ2v) is 13.1. The molecule has 1 aliphatic carbocycles. The Kier molecular flexibility index (Phi) is 6.29. The number of carbonyl (C=O) groups excluding carboxylic acids is 1. The van der Waals surface area contributed by atoms with Gasteiger partial charge in [0.2, 0.25) is 0 Å². The van der Waals surface area contributed by atoms with Gasteiger partial charge in [0.15, 0.2) is 8.32 Å². The molecule has 2 rings (SSSR count). The monoisotopic (exact) mass is 365 g/mol. The third-order valence-corrected chi connectivity index (χ3v) is 9.75. The molecule has 3 atom stereocenters. The number of carbonyl (C=O) groups is 1. The van der Waals surface area contributed by atoms with Gasteiger partial charge in [0.25, 0.3) is 0 Å². The third kappa shape index (κ3) is 5.56. The van der Waals surface area contributed by atoms with Crippen molar-refractivity contribution in [2.75, 3.05) is 0 Å². The highest BCUT2D eigenvalue weighted by Crippen LogP contribution is 2.39. The SMILES string of the molecule is CC(C)(C)[Si](C)(C)O[C@@H]1CC(O)C[C@H]1NC(=O)OCc1ccccc1. The Morgan fingerprint density at radius 3 is 2.48 bits per heavy atom. The molecular weight excluding hydrogens is 334 g/mol. The topological polar surface area (TPSA) is 67.8 Å². The van der Waals surface area contributed by atoms with Crippen LogP contribution in [0.1, 0.15) is 39.2 Å². The highest BCUT2D eigenvalue weighted by atomic mass is 28.4. The number of alkyl carbamates (subject to hydrolysis) is 1. The average molecular weight is 366 g/mol. The molecule has 5 nitrogen and oxygen atoms in total. The van der Waals surface area contributed by atoms with E-state index in [1.807, 2.05) is 30.3 Å². The molecule has 0 aromatic heterocycles. The number of aliphatic hydroxyl groups excluding tert-OH is 1. The highest BCUT2D eigenvalue weighted by Gasteiger charge is 2.44. The van der Waals surface area contributed by atoms with Crippen molar-refractivity contribution in [3.63, 3.8) is 0 Å². The van der Waals surface area contributed by atoms with Gasteiger partial charge in [-0.2, -0.15) is 0 Å². The van der Waals surface area contributed by atoms with E-state index in [9.17, 15) is 9.90 Å². The molecule has 2 N–H and O–H groups in total. The number of benzene rings is 1. The van der Waals surface area contributed by atoms with Crippen LogP contribution in [-0.4, -0.2) is 37.8 Å². The molecule has 1 amide bonds. The smallest absolute Gasteiger partial charge is 0.407 e. The first kappa shape index (κ1) is 19.9. The van der Waals surface area contributed by atoms with E-state index in [2.05, 4.69) is 39.2 Å². The number of hydrogen-bond acceptors (Lipinski definition) is 4. The summed E-state index contributed by atoms with van der Waals surface area (Å²) in [6.45, 7) is 11.1. The summed E-state index contributed by atoms with van der Waals surface area (Å²) in [6, 6.07) is 9.35. The maximum absolute atomic E-state index is 12.1. The van der Waals surface area contributed by atoms with Crippen LogP contribution in [0.5, 0.6) is 0 Å². The van der Waals surface area contributed by atoms with Gasteiger partial charge in [0, 0.05) is 6.42 Å². The van der Waals surface area contributed by atoms with Crippen molar-refractivity contribution in [3.8, 4) is 0 Å². The van der Waals surface area contributed by atoms with Crippen LogP contribution in [0.3, 0.4) is 0 Å². The fourth-order valence-corrected chi connectivity index (χ4v) is 4.10. The number of amides is 1. The molecule has 0 aliphatic heterocycles. The number of nitrogens with one attached hydrogen (secondary N) is 1. The van der Waals surface area contributed by atoms with Crippen LogP contribution in [0.25, 0.3) is 0 Å². The summed E-state index contributed by atoms with van der Waals surface area (Å²) in [4.78, 5) is 12.1. The molecular formula is C19H31NO4Si. The van der Waals surface area contributed by atoms with Crippen LogP contribution in [0.4, 0.5) is 4.79 Å². The third-order valence-electron chi connectivity index (χ3n) is 5.25. The van der Waals surface area contributed by atoms with Gasteiger partial charge in [-0.25, -0.2) is 4.79 Å². The summed E-state index contributed by atoms with van der Waals surface area (Å²) < 4.78 is 11.7. The summed E-state index contributed by atoms with van der Waals surface area (Å²) in [5, 5.41) is 13.0. The first-order valence-corrected chi connectivity index (χ1v) is 11.8. The number of hydrogen-bond donors (Lipinski definition) is 2. The van der Waals surface area contributed by atoms with Gasteiger partial charge in [-0.1, -0.05) is 51.1 Å². The Hall–Kier alpha value is -1.37. The second-order valence-electron chi connectivity index (χ2n) is 8.35. The molecule has 1 aliphatic rings. The quantitative estimate of drug-likeness (QED) is 0.778. The van der Waals surface area contributed by atoms with Crippen molar-refractivity contribution in [1.82, 2.24) is 5.32 Å². The van der Waals surface area contributed by atoms with Gasteiger partial charge in [-0.3, -0.25) is 0 Å². The Bertz CT molecular complexity index is 571. The lowest BCUT2D eigenvalue weighted by Crippen LogP contribution is -2.49. The molecule has 0 bridgehead atoms. The van der Waals surface area contributed by atoms with Crippen molar-refractivity contribution in [2.24, 2.45) is 0 Å². The summed E-state index contributed by atoms with van der Waals surface area (Å²) in [5.41, 5.74) is 0.943. The molecule has 0 radical (unpaired) electrons. The zero-order valence-electron chi connectivity index (χ0n) is 15.9. The largest absolute Gasteiger partial charge is 0.445 e. The van der Waals surface area contributed by atoms with Crippen LogP contribution < -0.4 is 5.32 Å². The molecule has 25 heavy (non-hydrogen) atoms. The maximum atomic E-state index is 12.1. The average Bonchev–Trinajstić information content (AvgIpc) is 2.84. The second kappa shape index (κ2) is 7.89. The molecule has 1 unspecified atom stereocenters. The van der Waals surface area contributed by atoms with Crippen LogP contribution in [-0.2, 0) is 15.8 Å². The van der Waals surface area contributed by atoms with Gasteiger partial charge in [-0.05, 0) is 30.1 Å². The van der Waals surface area contributed by atoms with E-state index < -0.39 is 20.5 Å². The van der Waals surface area contributed by atoms with Gasteiger partial charge in [0.05, 0.1) is 18.2 Å². The van der Waals surface area contributed by atoms with Crippen molar-refractivity contribution in [2.45, 2.75) is 76.6 Å². The molecule has 0 spiro atoms. The minimum absolute atomic E-state index is 0.0823. The van der Waals surface area contributed by atoms with E-state index in [1.165, 1.54) is 0 Å². The minimum atomic E-state index is -1.97. The first-order chi connectivity index (χ1) is 11.6. The number of aliphatic hydroxyl groups is 1. The Morgan fingerprint density at radius 2 is 1.88 bits per heavy atom. The zero-order chi connectivity index (χ0) is 18.7. The summed E-state index contributed by atoms with van der Waals surface area (Å²) in [5.74, 6) is 0. The lowest BCUT2D eigenvalue weighted by molar-refractivity contribution is 0.114. The van der Waals surface area contributed by atoms with Crippen molar-refractivity contribution >= 4 is 14.4 Å². The molecule has 1 fully saturated rings. The zero-order valence-corrected chi connectivity index (χ0v) is 16.9. The van der Waals surface area contributed by atoms with Crippen molar-refractivity contribution in [1.29, 1.82) is 0 Å². The minimum Gasteiger partial charge on any atom is -0.445 e. The molecule has 1 aromatic rings. The normalized spacial score (nSPS) is 24.2. The predicted octanol–water partition coefficient (Wildman–Crippen LogP) is 3.83. The number of rotatable bonds is 5. The van der Waals surface area contributed by atoms with Crippen LogP contribution in [0.2, 0.25) is 18.1 Å². The number of ether oxygens (including phenoxy) is 1. The van der Waals surface area contributed by atoms with E-state index in [-0.39, 0.29) is 23.8 Å². The van der Waals surface area contributed by atoms with E-state index in [4.69, 9.17) is 9.16 Å². The highest BCUT2D eigenvalue weighted by molar-refractivity contribution is 6.74. The van der Waals surface area contributed by atoms with E-state index in [0.717, 1.165) is 5.56 Å². The van der Waals surface area contributed by atoms with E-state index in [1.54, 1.807) is 0 Å². The predicted molar refractivity (Wildman–Crippen MR) is 101 cm³/mol. The van der Waals surface area contributed by atoms with Crippen LogP contribution in [0.15, 0.2) is 30.3 Å². The molecule has 6 heteroatoms. The van der Waals surface area contributed by atoms with E-state index >= 15 is 0 Å². The Morgan fingerprint density at radius 1 is 1.24 bits per heavy atom. The standard InChI is InChI=1S/C19H31NO4Si/c1-19(2,3)25(4,5)24-17-12-15(21)11-16(17)20-18(22)23-13-14-9-7-6-8-10-14/h6-10,15-17,21H,11-13H2,1-5H3,(H,20,22)/t15?,16-,17-/m1/s1. The summed E-state index contributed by atoms with van der Waals surface area (Å²) in [6.07, 6.45) is -0.0308. The lowest BCUT2D eigenvalue weighted by Gasteiger charge is -2.39. The summed E-state index contributed by atoms with van der Waals surface area (Å²) in [7, 11) is -1.97. The first-order valence-electron chi connectivity index (χ1n) is 8.91. The Balaban J connectivity index is 1.91. The molecule has 140 valence electrons. The molecule has 0 saturated heterocycles. The van der Waals surface area contributed by atoms with Crippen LogP contribution >= 0.6 is 0 Å². The molecule has 1 saturated carbocycles. The van der Waals surface area contributed by atoms with E-state index in [0.29, 0.717) is 12.8 Å². The molecule has 0 heterocycles. The lowest BCUT2D eigenvalue weighted by atomic mass is 10.2. The molecule has 1 aromatic carbocycles. The fourth-order valence-electron chi connectivity index (χ4n) is 2.73. The van der Waals surface area contributed by atoms with Crippen molar-refractivity contribution < 1.29 is 19.1 Å². The Labute approximate surface area is 151 Å². The summed E-state index contributed by atoms with van der Waals surface area (Å²) >= 11 is 0.